The van der Waals surface area contributed by atoms with Crippen molar-refractivity contribution in [2.24, 2.45) is 0 Å². The van der Waals surface area contributed by atoms with E-state index in [-0.39, 0.29) is 17.6 Å². The zero-order chi connectivity index (χ0) is 15.3. The van der Waals surface area contributed by atoms with Crippen molar-refractivity contribution in [3.05, 3.63) is 46.1 Å². The van der Waals surface area contributed by atoms with Gasteiger partial charge in [-0.3, -0.25) is 4.79 Å². The Morgan fingerprint density at radius 3 is 3.00 bits per heavy atom. The minimum absolute atomic E-state index is 0.0862. The maximum absolute atomic E-state index is 12.4. The summed E-state index contributed by atoms with van der Waals surface area (Å²) in [5.74, 6) is 0.501. The summed E-state index contributed by atoms with van der Waals surface area (Å²) < 4.78 is 11.5. The fraction of sp³-hybridized carbons (Fsp3) is 0.294. The monoisotopic (exact) mass is 296 g/mol. The zero-order valence-corrected chi connectivity index (χ0v) is 12.4. The SMILES string of the molecule is COC1CC(C)Nc2c1c1nc3ccccc3oc-1cc2=O. The van der Waals surface area contributed by atoms with Crippen LogP contribution in [0.5, 0.6) is 0 Å². The molecule has 0 fully saturated rings. The van der Waals surface area contributed by atoms with E-state index in [2.05, 4.69) is 5.32 Å². The highest BCUT2D eigenvalue weighted by Gasteiger charge is 2.32. The molecule has 2 heterocycles. The Morgan fingerprint density at radius 2 is 2.18 bits per heavy atom. The number of anilines is 1. The quantitative estimate of drug-likeness (QED) is 0.699. The third-order valence-electron chi connectivity index (χ3n) is 4.15. The second kappa shape index (κ2) is 4.81. The molecule has 1 aromatic carbocycles. The number of methoxy groups -OCH3 is 1. The van der Waals surface area contributed by atoms with Crippen LogP contribution in [-0.2, 0) is 4.74 Å². The number of benzene rings is 2. The van der Waals surface area contributed by atoms with Crippen molar-refractivity contribution < 1.29 is 9.15 Å². The van der Waals surface area contributed by atoms with Gasteiger partial charge in [-0.05, 0) is 25.5 Å². The van der Waals surface area contributed by atoms with E-state index < -0.39 is 0 Å². The maximum Gasteiger partial charge on any atom is 0.205 e. The second-order valence-electron chi connectivity index (χ2n) is 5.70. The van der Waals surface area contributed by atoms with Crippen LogP contribution in [0.15, 0.2) is 39.5 Å². The molecule has 0 radical (unpaired) electrons. The Labute approximate surface area is 127 Å². The topological polar surface area (TPSA) is 64.4 Å². The van der Waals surface area contributed by atoms with Gasteiger partial charge in [0, 0.05) is 24.8 Å². The summed E-state index contributed by atoms with van der Waals surface area (Å²) in [7, 11) is 1.66. The molecule has 0 amide bonds. The summed E-state index contributed by atoms with van der Waals surface area (Å²) in [5.41, 5.74) is 3.43. The molecule has 0 bridgehead atoms. The predicted octanol–water partition coefficient (Wildman–Crippen LogP) is 3.18. The first-order chi connectivity index (χ1) is 10.7. The van der Waals surface area contributed by atoms with Crippen molar-refractivity contribution in [2.45, 2.75) is 25.5 Å². The third kappa shape index (κ3) is 1.89. The van der Waals surface area contributed by atoms with Crippen LogP contribution in [0.25, 0.3) is 22.6 Å². The number of para-hydroxylation sites is 2. The van der Waals surface area contributed by atoms with Gasteiger partial charge < -0.3 is 14.5 Å². The third-order valence-corrected chi connectivity index (χ3v) is 4.15. The number of fused-ring (bicyclic) bond motifs is 4. The number of hydrogen-bond acceptors (Lipinski definition) is 5. The van der Waals surface area contributed by atoms with E-state index in [1.807, 2.05) is 31.2 Å². The maximum atomic E-state index is 12.4. The number of rotatable bonds is 1. The molecule has 5 nitrogen and oxygen atoms in total. The fourth-order valence-corrected chi connectivity index (χ4v) is 3.13. The van der Waals surface area contributed by atoms with E-state index in [9.17, 15) is 4.79 Å². The largest absolute Gasteiger partial charge is 0.453 e. The van der Waals surface area contributed by atoms with Crippen LogP contribution in [0.3, 0.4) is 0 Å². The molecule has 2 atom stereocenters. The molecule has 22 heavy (non-hydrogen) atoms. The first-order valence-electron chi connectivity index (χ1n) is 7.33. The molecule has 2 aliphatic heterocycles. The van der Waals surface area contributed by atoms with Crippen LogP contribution in [0.4, 0.5) is 5.69 Å². The molecule has 5 heteroatoms. The van der Waals surface area contributed by atoms with Gasteiger partial charge in [-0.2, -0.15) is 0 Å². The Morgan fingerprint density at radius 1 is 1.36 bits per heavy atom. The lowest BCUT2D eigenvalue weighted by Crippen LogP contribution is -2.31. The van der Waals surface area contributed by atoms with Crippen molar-refractivity contribution in [2.75, 3.05) is 12.4 Å². The van der Waals surface area contributed by atoms with Gasteiger partial charge in [0.05, 0.1) is 11.8 Å². The van der Waals surface area contributed by atoms with Gasteiger partial charge in [0.15, 0.2) is 11.3 Å². The molecule has 112 valence electrons. The zero-order valence-electron chi connectivity index (χ0n) is 12.4. The van der Waals surface area contributed by atoms with Crippen LogP contribution < -0.4 is 10.7 Å². The summed E-state index contributed by atoms with van der Waals surface area (Å²) in [4.78, 5) is 17.1. The Kier molecular flexibility index (Phi) is 2.90. The van der Waals surface area contributed by atoms with Gasteiger partial charge in [0.2, 0.25) is 5.43 Å². The van der Waals surface area contributed by atoms with Crippen LogP contribution in [0.1, 0.15) is 25.0 Å². The standard InChI is InChI=1S/C17H16N2O3/c1-9-7-13(21-2)15-16(18-9)11(20)8-14-17(15)19-10-5-3-4-6-12(10)22-14/h3-6,8-9,13,18H,7H2,1-2H3. The lowest BCUT2D eigenvalue weighted by atomic mass is 9.92. The summed E-state index contributed by atoms with van der Waals surface area (Å²) in [6.07, 6.45) is 0.628. The van der Waals surface area contributed by atoms with Crippen molar-refractivity contribution in [1.29, 1.82) is 0 Å². The summed E-state index contributed by atoms with van der Waals surface area (Å²) in [6.45, 7) is 2.04. The van der Waals surface area contributed by atoms with Gasteiger partial charge in [-0.1, -0.05) is 12.1 Å². The van der Waals surface area contributed by atoms with Crippen molar-refractivity contribution >= 4 is 16.8 Å². The highest BCUT2D eigenvalue weighted by Crippen LogP contribution is 2.40. The number of hydrogen-bond donors (Lipinski definition) is 1. The van der Waals surface area contributed by atoms with Gasteiger partial charge in [0.1, 0.15) is 11.2 Å². The average molecular weight is 296 g/mol. The highest BCUT2D eigenvalue weighted by molar-refractivity contribution is 5.80. The highest BCUT2D eigenvalue weighted by atomic mass is 16.5. The molecular weight excluding hydrogens is 280 g/mol. The molecule has 3 aliphatic rings. The minimum atomic E-state index is -0.161. The van der Waals surface area contributed by atoms with E-state index in [4.69, 9.17) is 14.1 Å². The van der Waals surface area contributed by atoms with E-state index in [0.717, 1.165) is 17.5 Å². The van der Waals surface area contributed by atoms with Gasteiger partial charge in [-0.15, -0.1) is 0 Å². The summed E-state index contributed by atoms with van der Waals surface area (Å²) in [6, 6.07) is 9.23. The normalized spacial score (nSPS) is 20.8. The number of ether oxygens (including phenoxy) is 1. The van der Waals surface area contributed by atoms with Crippen molar-refractivity contribution in [3.8, 4) is 11.5 Å². The molecule has 0 saturated carbocycles. The Bertz CT molecular complexity index is 887. The van der Waals surface area contributed by atoms with Crippen molar-refractivity contribution in [3.63, 3.8) is 0 Å². The molecule has 1 aliphatic carbocycles. The smallest absolute Gasteiger partial charge is 0.205 e. The average Bonchev–Trinajstić information content (AvgIpc) is 2.53. The van der Waals surface area contributed by atoms with Crippen LogP contribution in [0.2, 0.25) is 0 Å². The first kappa shape index (κ1) is 13.3. The van der Waals surface area contributed by atoms with E-state index in [1.54, 1.807) is 7.11 Å². The Balaban J connectivity index is 2.10. The van der Waals surface area contributed by atoms with Crippen LogP contribution >= 0.6 is 0 Å². The Hall–Kier alpha value is -2.40. The van der Waals surface area contributed by atoms with E-state index in [1.165, 1.54) is 6.07 Å². The number of aromatic nitrogens is 1. The molecule has 0 aromatic heterocycles. The fourth-order valence-electron chi connectivity index (χ4n) is 3.13. The number of nitrogens with one attached hydrogen (secondary N) is 1. The molecule has 0 spiro atoms. The molecule has 1 aromatic rings. The second-order valence-corrected chi connectivity index (χ2v) is 5.70. The lowest BCUT2D eigenvalue weighted by molar-refractivity contribution is 0.0894. The first-order valence-corrected chi connectivity index (χ1v) is 7.33. The minimum Gasteiger partial charge on any atom is -0.453 e. The molecule has 1 N–H and O–H groups in total. The summed E-state index contributed by atoms with van der Waals surface area (Å²) >= 11 is 0. The van der Waals surface area contributed by atoms with Crippen molar-refractivity contribution in [1.82, 2.24) is 4.98 Å². The van der Waals surface area contributed by atoms with E-state index in [0.29, 0.717) is 22.7 Å². The summed E-state index contributed by atoms with van der Waals surface area (Å²) in [5, 5.41) is 3.26. The van der Waals surface area contributed by atoms with Gasteiger partial charge >= 0.3 is 0 Å². The van der Waals surface area contributed by atoms with Crippen LogP contribution in [-0.4, -0.2) is 18.1 Å². The molecule has 2 unspecified atom stereocenters. The predicted molar refractivity (Wildman–Crippen MR) is 84.4 cm³/mol. The molecule has 4 rings (SSSR count). The number of nitrogens with zero attached hydrogens (tertiary/aromatic N) is 1. The van der Waals surface area contributed by atoms with Gasteiger partial charge in [0.25, 0.3) is 0 Å². The lowest BCUT2D eigenvalue weighted by Gasteiger charge is -2.31. The van der Waals surface area contributed by atoms with E-state index >= 15 is 0 Å². The molecular formula is C17H16N2O3. The molecule has 0 saturated heterocycles. The van der Waals surface area contributed by atoms with Gasteiger partial charge in [-0.25, -0.2) is 4.98 Å². The van der Waals surface area contributed by atoms with Crippen LogP contribution in [0, 0.1) is 0 Å².